The molecule has 0 spiro atoms. The third kappa shape index (κ3) is 5.61. The molecule has 0 aromatic heterocycles. The third-order valence-electron chi connectivity index (χ3n) is 2.87. The van der Waals surface area contributed by atoms with Gasteiger partial charge in [0.15, 0.2) is 0 Å². The minimum Gasteiger partial charge on any atom is -0.396 e. The molecule has 0 aromatic rings. The first-order chi connectivity index (χ1) is 6.41. The molecule has 0 aliphatic heterocycles. The van der Waals surface area contributed by atoms with E-state index >= 15 is 0 Å². The highest BCUT2D eigenvalue weighted by molar-refractivity contribution is 4.80. The van der Waals surface area contributed by atoms with Crippen molar-refractivity contribution in [3.63, 3.8) is 0 Å². The molecule has 2 N–H and O–H groups in total. The topological polar surface area (TPSA) is 32.3 Å². The van der Waals surface area contributed by atoms with Crippen molar-refractivity contribution in [3.8, 4) is 0 Å². The largest absolute Gasteiger partial charge is 0.396 e. The Balaban J connectivity index is 3.98. The Morgan fingerprint density at radius 1 is 1.29 bits per heavy atom. The summed E-state index contributed by atoms with van der Waals surface area (Å²) in [6.07, 6.45) is 2.06. The van der Waals surface area contributed by atoms with Gasteiger partial charge in [-0.1, -0.05) is 41.0 Å². The highest BCUT2D eigenvalue weighted by Crippen LogP contribution is 2.21. The van der Waals surface area contributed by atoms with Crippen molar-refractivity contribution in [1.29, 1.82) is 0 Å². The fraction of sp³-hybridized carbons (Fsp3) is 1.00. The van der Waals surface area contributed by atoms with E-state index < -0.39 is 0 Å². The molecule has 0 heterocycles. The molecule has 0 radical (unpaired) electrons. The van der Waals surface area contributed by atoms with Crippen LogP contribution in [0.4, 0.5) is 0 Å². The van der Waals surface area contributed by atoms with Crippen LogP contribution in [0.2, 0.25) is 0 Å². The summed E-state index contributed by atoms with van der Waals surface area (Å²) in [6.45, 7) is 12.5. The summed E-state index contributed by atoms with van der Waals surface area (Å²) < 4.78 is 0. The first-order valence-electron chi connectivity index (χ1n) is 5.76. The molecule has 14 heavy (non-hydrogen) atoms. The van der Waals surface area contributed by atoms with E-state index in [4.69, 9.17) is 5.11 Å². The van der Waals surface area contributed by atoms with Gasteiger partial charge in [0.2, 0.25) is 0 Å². The van der Waals surface area contributed by atoms with Gasteiger partial charge in [0.05, 0.1) is 0 Å². The second kappa shape index (κ2) is 6.41. The summed E-state index contributed by atoms with van der Waals surface area (Å²) in [6, 6.07) is 0.418. The number of rotatable bonds is 6. The van der Waals surface area contributed by atoms with Gasteiger partial charge >= 0.3 is 0 Å². The molecule has 2 unspecified atom stereocenters. The normalized spacial score (nSPS) is 16.7. The highest BCUT2D eigenvalue weighted by Gasteiger charge is 2.23. The Labute approximate surface area is 89.1 Å². The van der Waals surface area contributed by atoms with Crippen LogP contribution in [-0.2, 0) is 0 Å². The van der Waals surface area contributed by atoms with Crippen molar-refractivity contribution in [2.24, 2.45) is 11.3 Å². The average Bonchev–Trinajstić information content (AvgIpc) is 2.09. The lowest BCUT2D eigenvalue weighted by Crippen LogP contribution is -2.42. The van der Waals surface area contributed by atoms with Gasteiger partial charge in [-0.15, -0.1) is 0 Å². The van der Waals surface area contributed by atoms with E-state index in [2.05, 4.69) is 39.9 Å². The van der Waals surface area contributed by atoms with Crippen molar-refractivity contribution >= 4 is 0 Å². The monoisotopic (exact) mass is 201 g/mol. The molecule has 0 amide bonds. The molecular formula is C12H27NO. The fourth-order valence-electron chi connectivity index (χ4n) is 1.46. The molecule has 2 nitrogen and oxygen atoms in total. The van der Waals surface area contributed by atoms with Gasteiger partial charge in [-0.05, 0) is 24.3 Å². The van der Waals surface area contributed by atoms with E-state index in [-0.39, 0.29) is 12.0 Å². The maximum Gasteiger partial charge on any atom is 0.0446 e. The summed E-state index contributed by atoms with van der Waals surface area (Å²) in [5.74, 6) is 0.721. The van der Waals surface area contributed by atoms with Gasteiger partial charge < -0.3 is 10.4 Å². The third-order valence-corrected chi connectivity index (χ3v) is 2.87. The number of hydrogen-bond donors (Lipinski definition) is 2. The van der Waals surface area contributed by atoms with E-state index in [1.165, 1.54) is 6.42 Å². The highest BCUT2D eigenvalue weighted by atomic mass is 16.3. The predicted molar refractivity (Wildman–Crippen MR) is 62.4 cm³/mol. The van der Waals surface area contributed by atoms with Gasteiger partial charge in [-0.2, -0.15) is 0 Å². The van der Waals surface area contributed by atoms with E-state index in [1.807, 2.05) is 0 Å². The van der Waals surface area contributed by atoms with Crippen molar-refractivity contribution in [3.05, 3.63) is 0 Å². The lowest BCUT2D eigenvalue weighted by molar-refractivity contribution is 0.193. The van der Waals surface area contributed by atoms with Gasteiger partial charge in [-0.25, -0.2) is 0 Å². The number of aliphatic hydroxyl groups excluding tert-OH is 1. The van der Waals surface area contributed by atoms with Gasteiger partial charge in [0.25, 0.3) is 0 Å². The molecule has 86 valence electrons. The molecule has 0 saturated carbocycles. The molecule has 2 heteroatoms. The maximum atomic E-state index is 8.98. The lowest BCUT2D eigenvalue weighted by Gasteiger charge is -2.32. The van der Waals surface area contributed by atoms with Crippen LogP contribution in [0.1, 0.15) is 47.5 Å². The van der Waals surface area contributed by atoms with Crippen molar-refractivity contribution in [2.75, 3.05) is 13.2 Å². The molecule has 0 saturated heterocycles. The number of hydrogen-bond acceptors (Lipinski definition) is 2. The first-order valence-corrected chi connectivity index (χ1v) is 5.76. The van der Waals surface area contributed by atoms with Gasteiger partial charge in [-0.3, -0.25) is 0 Å². The molecule has 0 bridgehead atoms. The zero-order chi connectivity index (χ0) is 11.2. The Hall–Kier alpha value is -0.0800. The van der Waals surface area contributed by atoms with Crippen LogP contribution in [-0.4, -0.2) is 24.3 Å². The molecular weight excluding hydrogens is 174 g/mol. The van der Waals surface area contributed by atoms with Crippen LogP contribution in [0.5, 0.6) is 0 Å². The van der Waals surface area contributed by atoms with Crippen molar-refractivity contribution in [1.82, 2.24) is 5.32 Å². The summed E-state index contributed by atoms with van der Waals surface area (Å²) >= 11 is 0. The van der Waals surface area contributed by atoms with E-state index in [9.17, 15) is 0 Å². The van der Waals surface area contributed by atoms with E-state index in [1.54, 1.807) is 0 Å². The van der Waals surface area contributed by atoms with Crippen molar-refractivity contribution < 1.29 is 5.11 Å². The average molecular weight is 201 g/mol. The summed E-state index contributed by atoms with van der Waals surface area (Å²) in [5.41, 5.74) is 0.232. The van der Waals surface area contributed by atoms with Crippen LogP contribution in [0, 0.1) is 11.3 Å². The zero-order valence-electron chi connectivity index (χ0n) is 10.4. The summed E-state index contributed by atoms with van der Waals surface area (Å²) in [5, 5.41) is 12.5. The van der Waals surface area contributed by atoms with Crippen molar-refractivity contribution in [2.45, 2.75) is 53.5 Å². The standard InChI is InChI=1S/C12H27NO/c1-6-10(2)9-13-11(7-8-14)12(3,4)5/h10-11,13-14H,6-9H2,1-5H3. The Morgan fingerprint density at radius 3 is 2.21 bits per heavy atom. The van der Waals surface area contributed by atoms with E-state index in [0.717, 1.165) is 18.9 Å². The second-order valence-electron chi connectivity index (χ2n) is 5.35. The summed E-state index contributed by atoms with van der Waals surface area (Å²) in [7, 11) is 0. The van der Waals surface area contributed by atoms with Gasteiger partial charge in [0.1, 0.15) is 0 Å². The van der Waals surface area contributed by atoms with E-state index in [0.29, 0.717) is 6.04 Å². The van der Waals surface area contributed by atoms with Gasteiger partial charge in [0, 0.05) is 12.6 Å². The maximum absolute atomic E-state index is 8.98. The smallest absolute Gasteiger partial charge is 0.0446 e. The van der Waals surface area contributed by atoms with Crippen LogP contribution in [0.3, 0.4) is 0 Å². The molecule has 0 aliphatic rings. The SMILES string of the molecule is CCC(C)CNC(CCO)C(C)(C)C. The lowest BCUT2D eigenvalue weighted by atomic mass is 9.84. The molecule has 2 atom stereocenters. The minimum absolute atomic E-state index is 0.232. The molecule has 0 aromatic carbocycles. The van der Waals surface area contributed by atoms with Crippen LogP contribution in [0.25, 0.3) is 0 Å². The Morgan fingerprint density at radius 2 is 1.86 bits per heavy atom. The quantitative estimate of drug-likeness (QED) is 0.692. The Bertz CT molecular complexity index is 140. The fourth-order valence-corrected chi connectivity index (χ4v) is 1.46. The number of nitrogens with one attached hydrogen (secondary N) is 1. The number of aliphatic hydroxyl groups is 1. The summed E-state index contributed by atoms with van der Waals surface area (Å²) in [4.78, 5) is 0. The van der Waals surface area contributed by atoms with Crippen LogP contribution < -0.4 is 5.32 Å². The van der Waals surface area contributed by atoms with Crippen LogP contribution >= 0.6 is 0 Å². The zero-order valence-corrected chi connectivity index (χ0v) is 10.4. The molecule has 0 rings (SSSR count). The molecule has 0 aliphatic carbocycles. The Kier molecular flexibility index (Phi) is 6.38. The first kappa shape index (κ1) is 13.9. The predicted octanol–water partition coefficient (Wildman–Crippen LogP) is 2.42. The molecule has 0 fully saturated rings. The second-order valence-corrected chi connectivity index (χ2v) is 5.35. The minimum atomic E-state index is 0.232. The van der Waals surface area contributed by atoms with Crippen LogP contribution in [0.15, 0.2) is 0 Å².